The van der Waals surface area contributed by atoms with Gasteiger partial charge in [-0.1, -0.05) is 0 Å². The molecular formula is C13H18BrN5. The third-order valence-electron chi connectivity index (χ3n) is 3.09. The Labute approximate surface area is 121 Å². The summed E-state index contributed by atoms with van der Waals surface area (Å²) in [6.07, 6.45) is 5.41. The first-order valence-electron chi connectivity index (χ1n) is 6.15. The summed E-state index contributed by atoms with van der Waals surface area (Å²) in [5.74, 6) is 5.77. The zero-order valence-corrected chi connectivity index (χ0v) is 12.8. The van der Waals surface area contributed by atoms with E-state index in [0.717, 1.165) is 21.3 Å². The van der Waals surface area contributed by atoms with Gasteiger partial charge in [-0.05, 0) is 53.9 Å². The van der Waals surface area contributed by atoms with E-state index in [2.05, 4.69) is 45.3 Å². The van der Waals surface area contributed by atoms with Gasteiger partial charge in [0.1, 0.15) is 0 Å². The van der Waals surface area contributed by atoms with E-state index in [-0.39, 0.29) is 12.1 Å². The molecule has 0 aromatic carbocycles. The van der Waals surface area contributed by atoms with Crippen molar-refractivity contribution in [3.8, 4) is 0 Å². The summed E-state index contributed by atoms with van der Waals surface area (Å²) >= 11 is 3.55. The minimum absolute atomic E-state index is 0.123. The van der Waals surface area contributed by atoms with Crippen LogP contribution in [0, 0.1) is 6.92 Å². The lowest BCUT2D eigenvalue weighted by molar-refractivity contribution is 0.474. The van der Waals surface area contributed by atoms with Gasteiger partial charge in [-0.2, -0.15) is 5.10 Å². The third kappa shape index (κ3) is 2.70. The minimum atomic E-state index is -0.123. The van der Waals surface area contributed by atoms with Gasteiger partial charge in [0, 0.05) is 18.4 Å². The van der Waals surface area contributed by atoms with E-state index in [1.54, 1.807) is 12.4 Å². The molecule has 0 amide bonds. The van der Waals surface area contributed by atoms with E-state index < -0.39 is 0 Å². The van der Waals surface area contributed by atoms with Crippen molar-refractivity contribution >= 4 is 15.9 Å². The fourth-order valence-electron chi connectivity index (χ4n) is 2.16. The number of hydrazine groups is 1. The smallest absolute Gasteiger partial charge is 0.0893 e. The molecule has 0 spiro atoms. The summed E-state index contributed by atoms with van der Waals surface area (Å²) in [7, 11) is 0. The predicted molar refractivity (Wildman–Crippen MR) is 78.5 cm³/mol. The molecule has 6 heteroatoms. The second-order valence-corrected chi connectivity index (χ2v) is 5.60. The van der Waals surface area contributed by atoms with E-state index in [0.29, 0.717) is 0 Å². The Balaban J connectivity index is 2.55. The first kappa shape index (κ1) is 14.2. The van der Waals surface area contributed by atoms with E-state index in [4.69, 9.17) is 5.84 Å². The highest BCUT2D eigenvalue weighted by atomic mass is 79.9. The van der Waals surface area contributed by atoms with Crippen molar-refractivity contribution in [2.45, 2.75) is 32.9 Å². The minimum Gasteiger partial charge on any atom is -0.271 e. The molecule has 2 aromatic heterocycles. The number of hydrogen-bond acceptors (Lipinski definition) is 4. The Bertz CT molecular complexity index is 564. The molecule has 3 N–H and O–H groups in total. The molecule has 102 valence electrons. The summed E-state index contributed by atoms with van der Waals surface area (Å²) < 4.78 is 2.91. The Hall–Kier alpha value is -1.24. The zero-order chi connectivity index (χ0) is 14.0. The van der Waals surface area contributed by atoms with Crippen molar-refractivity contribution in [2.24, 2.45) is 5.84 Å². The molecule has 0 aliphatic rings. The lowest BCUT2D eigenvalue weighted by Gasteiger charge is -2.22. The van der Waals surface area contributed by atoms with Crippen molar-refractivity contribution in [1.82, 2.24) is 20.2 Å². The summed E-state index contributed by atoms with van der Waals surface area (Å²) in [5.41, 5.74) is 6.09. The average Bonchev–Trinajstić information content (AvgIpc) is 2.75. The van der Waals surface area contributed by atoms with Crippen LogP contribution in [0.5, 0.6) is 0 Å². The molecule has 0 aliphatic carbocycles. The fourth-order valence-corrected chi connectivity index (χ4v) is 2.66. The van der Waals surface area contributed by atoms with Gasteiger partial charge in [-0.25, -0.2) is 5.43 Å². The first-order valence-corrected chi connectivity index (χ1v) is 6.95. The highest BCUT2D eigenvalue weighted by Crippen LogP contribution is 2.31. The van der Waals surface area contributed by atoms with Gasteiger partial charge in [0.05, 0.1) is 22.4 Å². The largest absolute Gasteiger partial charge is 0.271 e. The van der Waals surface area contributed by atoms with Crippen LogP contribution in [-0.2, 0) is 0 Å². The maximum atomic E-state index is 5.77. The van der Waals surface area contributed by atoms with Crippen LogP contribution >= 0.6 is 15.9 Å². The molecule has 5 nitrogen and oxygen atoms in total. The van der Waals surface area contributed by atoms with Crippen LogP contribution in [-0.4, -0.2) is 14.8 Å². The lowest BCUT2D eigenvalue weighted by atomic mass is 10.0. The second kappa shape index (κ2) is 5.81. The van der Waals surface area contributed by atoms with Crippen LogP contribution in [0.3, 0.4) is 0 Å². The molecule has 0 aliphatic heterocycles. The maximum absolute atomic E-state index is 5.77. The molecule has 2 heterocycles. The Morgan fingerprint density at radius 3 is 2.68 bits per heavy atom. The number of pyridine rings is 1. The van der Waals surface area contributed by atoms with Gasteiger partial charge in [0.2, 0.25) is 0 Å². The number of nitrogens with one attached hydrogen (secondary N) is 1. The van der Waals surface area contributed by atoms with Crippen LogP contribution in [0.4, 0.5) is 0 Å². The quantitative estimate of drug-likeness (QED) is 0.670. The van der Waals surface area contributed by atoms with E-state index in [1.165, 1.54) is 0 Å². The normalized spacial score (nSPS) is 12.9. The SMILES string of the molecule is Cc1cnccc1C(NN)c1c(Br)cnn1C(C)C. The number of halogens is 1. The Morgan fingerprint density at radius 2 is 2.11 bits per heavy atom. The van der Waals surface area contributed by atoms with Crippen LogP contribution in [0.15, 0.2) is 29.1 Å². The maximum Gasteiger partial charge on any atom is 0.0893 e. The molecule has 19 heavy (non-hydrogen) atoms. The number of aromatic nitrogens is 3. The molecule has 0 fully saturated rings. The molecule has 2 rings (SSSR count). The van der Waals surface area contributed by atoms with Gasteiger partial charge >= 0.3 is 0 Å². The van der Waals surface area contributed by atoms with Crippen LogP contribution < -0.4 is 11.3 Å². The van der Waals surface area contributed by atoms with Gasteiger partial charge in [0.25, 0.3) is 0 Å². The predicted octanol–water partition coefficient (Wildman–Crippen LogP) is 2.48. The summed E-state index contributed by atoms with van der Waals surface area (Å²) in [5, 5.41) is 4.40. The molecule has 0 bridgehead atoms. The van der Waals surface area contributed by atoms with Crippen molar-refractivity contribution in [1.29, 1.82) is 0 Å². The summed E-state index contributed by atoms with van der Waals surface area (Å²) in [6.45, 7) is 6.21. The van der Waals surface area contributed by atoms with Gasteiger partial charge in [-0.3, -0.25) is 15.5 Å². The van der Waals surface area contributed by atoms with Crippen molar-refractivity contribution < 1.29 is 0 Å². The van der Waals surface area contributed by atoms with Crippen molar-refractivity contribution in [3.63, 3.8) is 0 Å². The highest BCUT2D eigenvalue weighted by molar-refractivity contribution is 9.10. The van der Waals surface area contributed by atoms with Crippen LogP contribution in [0.25, 0.3) is 0 Å². The standard InChI is InChI=1S/C13H18BrN5/c1-8(2)19-13(11(14)7-17-19)12(18-15)10-4-5-16-6-9(10)3/h4-8,12,18H,15H2,1-3H3. The van der Waals surface area contributed by atoms with Gasteiger partial charge in [-0.15, -0.1) is 0 Å². The number of nitrogens with two attached hydrogens (primary N) is 1. The van der Waals surface area contributed by atoms with Crippen molar-refractivity contribution in [3.05, 3.63) is 46.0 Å². The molecule has 0 saturated heterocycles. The zero-order valence-electron chi connectivity index (χ0n) is 11.3. The van der Waals surface area contributed by atoms with E-state index in [9.17, 15) is 0 Å². The van der Waals surface area contributed by atoms with E-state index in [1.807, 2.05) is 23.9 Å². The summed E-state index contributed by atoms with van der Waals surface area (Å²) in [6, 6.07) is 2.12. The average molecular weight is 324 g/mol. The molecular weight excluding hydrogens is 306 g/mol. The lowest BCUT2D eigenvalue weighted by Crippen LogP contribution is -2.32. The topological polar surface area (TPSA) is 68.8 Å². The fraction of sp³-hybridized carbons (Fsp3) is 0.385. The number of nitrogens with zero attached hydrogens (tertiary/aromatic N) is 3. The van der Waals surface area contributed by atoms with E-state index >= 15 is 0 Å². The first-order chi connectivity index (χ1) is 9.06. The Kier molecular flexibility index (Phi) is 4.34. The number of aryl methyl sites for hydroxylation is 1. The number of hydrogen-bond donors (Lipinski definition) is 2. The molecule has 1 atom stereocenters. The molecule has 1 unspecified atom stereocenters. The number of rotatable bonds is 4. The van der Waals surface area contributed by atoms with Gasteiger partial charge < -0.3 is 0 Å². The van der Waals surface area contributed by atoms with Gasteiger partial charge in [0.15, 0.2) is 0 Å². The highest BCUT2D eigenvalue weighted by Gasteiger charge is 2.23. The van der Waals surface area contributed by atoms with Crippen LogP contribution in [0.2, 0.25) is 0 Å². The molecule has 0 radical (unpaired) electrons. The Morgan fingerprint density at radius 1 is 1.37 bits per heavy atom. The molecule has 2 aromatic rings. The second-order valence-electron chi connectivity index (χ2n) is 4.75. The third-order valence-corrected chi connectivity index (χ3v) is 3.70. The monoisotopic (exact) mass is 323 g/mol. The summed E-state index contributed by atoms with van der Waals surface area (Å²) in [4.78, 5) is 4.12. The van der Waals surface area contributed by atoms with Crippen molar-refractivity contribution in [2.75, 3.05) is 0 Å². The van der Waals surface area contributed by atoms with Crippen LogP contribution in [0.1, 0.15) is 42.8 Å². The molecule has 0 saturated carbocycles.